The van der Waals surface area contributed by atoms with Crippen LogP contribution in [0.3, 0.4) is 0 Å². The van der Waals surface area contributed by atoms with Gasteiger partial charge in [-0.3, -0.25) is 4.79 Å². The molecule has 9 heteroatoms. The van der Waals surface area contributed by atoms with E-state index in [0.717, 1.165) is 36.5 Å². The largest absolute Gasteiger partial charge is 0.506 e. The van der Waals surface area contributed by atoms with Crippen LogP contribution in [0.15, 0.2) is 92.4 Å². The Bertz CT molecular complexity index is 1480. The Morgan fingerprint density at radius 1 is 1.11 bits per heavy atom. The van der Waals surface area contributed by atoms with Gasteiger partial charge in [-0.1, -0.05) is 48.2 Å². The lowest BCUT2D eigenvalue weighted by atomic mass is 10.1. The minimum absolute atomic E-state index is 0.0944. The van der Waals surface area contributed by atoms with Gasteiger partial charge in [0.2, 0.25) is 0 Å². The van der Waals surface area contributed by atoms with Gasteiger partial charge in [0.1, 0.15) is 28.7 Å². The minimum Gasteiger partial charge on any atom is -0.506 e. The van der Waals surface area contributed by atoms with Crippen molar-refractivity contribution in [3.05, 3.63) is 113 Å². The van der Waals surface area contributed by atoms with Crippen molar-refractivity contribution in [1.29, 1.82) is 0 Å². The third-order valence-corrected chi connectivity index (χ3v) is 7.87. The highest BCUT2D eigenvalue weighted by atomic mass is 127. The molecule has 0 unspecified atom stereocenters. The molecule has 0 bridgehead atoms. The summed E-state index contributed by atoms with van der Waals surface area (Å²) in [5, 5.41) is 11.0. The Kier molecular flexibility index (Phi) is 9.45. The topological polar surface area (TPSA) is 85.2 Å². The van der Waals surface area contributed by atoms with Crippen molar-refractivity contribution in [2.75, 3.05) is 6.61 Å². The molecule has 1 aliphatic heterocycles. The second-order valence-electron chi connectivity index (χ2n) is 8.20. The van der Waals surface area contributed by atoms with Gasteiger partial charge in [0.15, 0.2) is 0 Å². The first-order chi connectivity index (χ1) is 18.3. The lowest BCUT2D eigenvalue weighted by Crippen LogP contribution is -2.14. The lowest BCUT2D eigenvalue weighted by molar-refractivity contribution is -0.138. The van der Waals surface area contributed by atoms with Gasteiger partial charge >= 0.3 is 5.97 Å². The van der Waals surface area contributed by atoms with Gasteiger partial charge in [-0.25, -0.2) is 9.79 Å². The number of benzene rings is 3. The van der Waals surface area contributed by atoms with Gasteiger partial charge in [0.05, 0.1) is 16.0 Å². The number of carbonyl (C=O) groups is 2. The van der Waals surface area contributed by atoms with Crippen LogP contribution in [-0.2, 0) is 16.1 Å². The number of hydrogen-bond donors (Lipinski definition) is 1. The van der Waals surface area contributed by atoms with Gasteiger partial charge < -0.3 is 14.6 Å². The maximum absolute atomic E-state index is 12.9. The molecule has 4 rings (SSSR count). The summed E-state index contributed by atoms with van der Waals surface area (Å²) in [6.07, 6.45) is 1.72. The fourth-order valence-corrected chi connectivity index (χ4v) is 5.46. The van der Waals surface area contributed by atoms with Crippen molar-refractivity contribution >= 4 is 73.3 Å². The fraction of sp³-hybridized carbons (Fsp3) is 0.138. The molecule has 1 N–H and O–H groups in total. The first-order valence-electron chi connectivity index (χ1n) is 11.6. The third-order valence-electron chi connectivity index (χ3n) is 5.51. The number of aliphatic hydroxyl groups is 1. The number of hydrogen-bond acceptors (Lipinski definition) is 6. The molecular formula is C29H23BrINO5S. The molecule has 1 aliphatic rings. The van der Waals surface area contributed by atoms with Crippen molar-refractivity contribution in [2.45, 2.75) is 20.5 Å². The molecule has 0 aliphatic carbocycles. The summed E-state index contributed by atoms with van der Waals surface area (Å²) in [4.78, 5) is 30.1. The minimum atomic E-state index is -0.738. The van der Waals surface area contributed by atoms with Crippen LogP contribution in [0.25, 0.3) is 6.08 Å². The lowest BCUT2D eigenvalue weighted by Gasteiger charge is -2.09. The molecule has 0 saturated carbocycles. The molecule has 0 spiro atoms. The zero-order valence-corrected chi connectivity index (χ0v) is 25.1. The van der Waals surface area contributed by atoms with Crippen molar-refractivity contribution in [1.82, 2.24) is 0 Å². The van der Waals surface area contributed by atoms with Crippen LogP contribution < -0.4 is 4.74 Å². The van der Waals surface area contributed by atoms with E-state index >= 15 is 0 Å². The molecule has 3 aromatic carbocycles. The average Bonchev–Trinajstić information content (AvgIpc) is 3.19. The first kappa shape index (κ1) is 28.1. The zero-order valence-electron chi connectivity index (χ0n) is 20.5. The van der Waals surface area contributed by atoms with E-state index < -0.39 is 11.9 Å². The molecule has 0 saturated heterocycles. The molecule has 1 amide bonds. The molecule has 1 heterocycles. The number of rotatable bonds is 7. The van der Waals surface area contributed by atoms with E-state index in [2.05, 4.69) is 43.5 Å². The van der Waals surface area contributed by atoms with Crippen LogP contribution in [0.5, 0.6) is 5.75 Å². The van der Waals surface area contributed by atoms with Gasteiger partial charge in [0, 0.05) is 9.13 Å². The molecule has 6 nitrogen and oxygen atoms in total. The Morgan fingerprint density at radius 2 is 1.84 bits per heavy atom. The van der Waals surface area contributed by atoms with E-state index in [9.17, 15) is 14.7 Å². The molecule has 3 aromatic rings. The monoisotopic (exact) mass is 703 g/mol. The van der Waals surface area contributed by atoms with Gasteiger partial charge in [0.25, 0.3) is 5.91 Å². The summed E-state index contributed by atoms with van der Waals surface area (Å²) >= 11 is 6.85. The van der Waals surface area contributed by atoms with Crippen LogP contribution in [0.4, 0.5) is 0 Å². The molecule has 0 aromatic heterocycles. The van der Waals surface area contributed by atoms with Crippen molar-refractivity contribution in [3.63, 3.8) is 0 Å². The Labute approximate surface area is 247 Å². The van der Waals surface area contributed by atoms with E-state index in [1.165, 1.54) is 0 Å². The molecule has 194 valence electrons. The third kappa shape index (κ3) is 6.75. The van der Waals surface area contributed by atoms with E-state index in [0.29, 0.717) is 22.8 Å². The predicted octanol–water partition coefficient (Wildman–Crippen LogP) is 7.64. The van der Waals surface area contributed by atoms with Crippen LogP contribution in [-0.4, -0.2) is 28.6 Å². The Morgan fingerprint density at radius 3 is 2.53 bits per heavy atom. The second kappa shape index (κ2) is 12.8. The quantitative estimate of drug-likeness (QED) is 0.201. The number of aryl methyl sites for hydroxylation is 1. The van der Waals surface area contributed by atoms with E-state index in [1.807, 2.05) is 61.5 Å². The SMILES string of the molecule is CCOC(=O)C1=C(O)/C(=C/c2ccc(OCc3ccc(I)cc3)c(Br)c2)SC1=NC(=O)c1ccccc1C. The normalized spacial score (nSPS) is 15.3. The number of thioether (sulfide) groups is 1. The fourth-order valence-electron chi connectivity index (χ4n) is 3.57. The van der Waals surface area contributed by atoms with E-state index in [1.54, 1.807) is 25.1 Å². The highest BCUT2D eigenvalue weighted by Crippen LogP contribution is 2.40. The number of ether oxygens (including phenoxy) is 2. The smallest absolute Gasteiger partial charge is 0.344 e. The molecule has 0 fully saturated rings. The zero-order chi connectivity index (χ0) is 27.2. The number of nitrogens with zero attached hydrogens (tertiary/aromatic N) is 1. The maximum atomic E-state index is 12.9. The highest BCUT2D eigenvalue weighted by Gasteiger charge is 2.34. The van der Waals surface area contributed by atoms with Crippen LogP contribution >= 0.6 is 50.3 Å². The van der Waals surface area contributed by atoms with Crippen molar-refractivity contribution in [2.24, 2.45) is 4.99 Å². The molecule has 0 radical (unpaired) electrons. The summed E-state index contributed by atoms with van der Waals surface area (Å²) in [6, 6.07) is 20.7. The molecular weight excluding hydrogens is 681 g/mol. The number of aliphatic imine (C=N–C) groups is 1. The summed E-state index contributed by atoms with van der Waals surface area (Å²) in [6.45, 7) is 4.02. The molecule has 38 heavy (non-hydrogen) atoms. The number of esters is 1. The summed E-state index contributed by atoms with van der Waals surface area (Å²) in [5.74, 6) is -0.848. The number of aliphatic hydroxyl groups excluding tert-OH is 1. The number of carbonyl (C=O) groups excluding carboxylic acids is 2. The summed E-state index contributed by atoms with van der Waals surface area (Å²) in [7, 11) is 0. The maximum Gasteiger partial charge on any atom is 0.344 e. The van der Waals surface area contributed by atoms with Crippen LogP contribution in [0.2, 0.25) is 0 Å². The number of halogens is 2. The van der Waals surface area contributed by atoms with Gasteiger partial charge in [-0.15, -0.1) is 0 Å². The van der Waals surface area contributed by atoms with Crippen molar-refractivity contribution in [3.8, 4) is 5.75 Å². The highest BCUT2D eigenvalue weighted by molar-refractivity contribution is 14.1. The Balaban J connectivity index is 1.59. The van der Waals surface area contributed by atoms with Gasteiger partial charge in [-0.2, -0.15) is 0 Å². The number of amides is 1. The average molecular weight is 704 g/mol. The standard InChI is InChI=1S/C29H23BrINO5S/c1-3-36-29(35)25-26(33)24(38-28(25)32-27(34)21-7-5-4-6-17(21)2)15-19-10-13-23(22(30)14-19)37-16-18-8-11-20(31)12-9-18/h4-15,33H,3,16H2,1-2H3/b24-15-,32-28?. The Hall–Kier alpha value is -2.89. The summed E-state index contributed by atoms with van der Waals surface area (Å²) < 4.78 is 13.0. The predicted molar refractivity (Wildman–Crippen MR) is 162 cm³/mol. The van der Waals surface area contributed by atoms with Crippen LogP contribution in [0, 0.1) is 10.5 Å². The van der Waals surface area contributed by atoms with Gasteiger partial charge in [-0.05, 0) is 105 Å². The first-order valence-corrected chi connectivity index (χ1v) is 14.3. The van der Waals surface area contributed by atoms with Crippen LogP contribution in [0.1, 0.15) is 34.0 Å². The molecule has 0 atom stereocenters. The van der Waals surface area contributed by atoms with E-state index in [-0.39, 0.29) is 23.0 Å². The summed E-state index contributed by atoms with van der Waals surface area (Å²) in [5.41, 5.74) is 2.87. The van der Waals surface area contributed by atoms with Crippen molar-refractivity contribution < 1.29 is 24.2 Å². The van der Waals surface area contributed by atoms with E-state index in [4.69, 9.17) is 9.47 Å². The second-order valence-corrected chi connectivity index (χ2v) is 11.3.